The Hall–Kier alpha value is -2.22. The van der Waals surface area contributed by atoms with Gasteiger partial charge in [0.05, 0.1) is 10.3 Å². The van der Waals surface area contributed by atoms with Crippen LogP contribution >= 0.6 is 11.3 Å². The van der Waals surface area contributed by atoms with E-state index in [4.69, 9.17) is 10.7 Å². The Morgan fingerprint density at radius 3 is 2.70 bits per heavy atom. The molecule has 2 aromatic rings. The Bertz CT molecular complexity index is 977. The number of thiophene rings is 1. The Morgan fingerprint density at radius 2 is 1.93 bits per heavy atom. The van der Waals surface area contributed by atoms with Crippen molar-refractivity contribution in [2.24, 2.45) is 5.73 Å². The smallest absolute Gasteiger partial charge is 0.264 e. The molecule has 0 bridgehead atoms. The zero-order chi connectivity index (χ0) is 19.1. The number of aromatic nitrogens is 2. The summed E-state index contributed by atoms with van der Waals surface area (Å²) in [5.74, 6) is 0.142. The Labute approximate surface area is 161 Å². The molecule has 1 saturated heterocycles. The molecule has 2 amide bonds. The lowest BCUT2D eigenvalue weighted by Crippen LogP contribution is -2.50. The van der Waals surface area contributed by atoms with Crippen molar-refractivity contribution in [1.82, 2.24) is 14.5 Å². The lowest BCUT2D eigenvalue weighted by Gasteiger charge is -2.33. The standard InChI is InChI=1S/C19H24N4O3S/c1-11-14-17(21-13-8-3-2-5-10-23(13)18(14)25)27-15(11)19(26)22-9-6-4-7-12(22)16(20)24/h12H,2-10H2,1H3,(H2,20,24). The second kappa shape index (κ2) is 7.07. The molecular weight excluding hydrogens is 364 g/mol. The van der Waals surface area contributed by atoms with Crippen LogP contribution in [0.1, 0.15) is 59.6 Å². The van der Waals surface area contributed by atoms with E-state index in [2.05, 4.69) is 0 Å². The molecule has 2 aliphatic heterocycles. The fourth-order valence-electron chi connectivity index (χ4n) is 4.21. The minimum absolute atomic E-state index is 0.0465. The van der Waals surface area contributed by atoms with Crippen LogP contribution in [-0.2, 0) is 17.8 Å². The average molecular weight is 388 g/mol. The lowest BCUT2D eigenvalue weighted by molar-refractivity contribution is -0.123. The quantitative estimate of drug-likeness (QED) is 0.850. The molecule has 1 atom stereocenters. The number of rotatable bonds is 2. The molecule has 0 saturated carbocycles. The van der Waals surface area contributed by atoms with Gasteiger partial charge < -0.3 is 10.6 Å². The number of carbonyl (C=O) groups is 2. The molecule has 2 aliphatic rings. The third-order valence-corrected chi connectivity index (χ3v) is 6.87. The largest absolute Gasteiger partial charge is 0.368 e. The molecule has 8 heteroatoms. The van der Waals surface area contributed by atoms with Crippen molar-refractivity contribution < 1.29 is 9.59 Å². The van der Waals surface area contributed by atoms with Crippen LogP contribution in [0.2, 0.25) is 0 Å². The van der Waals surface area contributed by atoms with Gasteiger partial charge in [0.25, 0.3) is 11.5 Å². The molecule has 0 aliphatic carbocycles. The molecule has 7 nitrogen and oxygen atoms in total. The number of amides is 2. The number of nitrogens with zero attached hydrogens (tertiary/aromatic N) is 3. The van der Waals surface area contributed by atoms with Gasteiger partial charge in [-0.3, -0.25) is 19.0 Å². The summed E-state index contributed by atoms with van der Waals surface area (Å²) in [5, 5.41) is 0.543. The molecule has 27 heavy (non-hydrogen) atoms. The van der Waals surface area contributed by atoms with Gasteiger partial charge in [-0.25, -0.2) is 4.98 Å². The van der Waals surface area contributed by atoms with E-state index < -0.39 is 11.9 Å². The second-order valence-corrected chi connectivity index (χ2v) is 8.44. The molecule has 0 spiro atoms. The van der Waals surface area contributed by atoms with Crippen molar-refractivity contribution in [2.75, 3.05) is 6.54 Å². The maximum Gasteiger partial charge on any atom is 0.264 e. The minimum atomic E-state index is -0.568. The number of aryl methyl sites for hydroxylation is 2. The lowest BCUT2D eigenvalue weighted by atomic mass is 10.0. The molecule has 2 aromatic heterocycles. The van der Waals surface area contributed by atoms with Crippen LogP contribution in [0.4, 0.5) is 0 Å². The first-order chi connectivity index (χ1) is 13.0. The number of fused-ring (bicyclic) bond motifs is 2. The van der Waals surface area contributed by atoms with Crippen molar-refractivity contribution in [3.05, 3.63) is 26.6 Å². The van der Waals surface area contributed by atoms with Crippen LogP contribution in [0.3, 0.4) is 0 Å². The number of carbonyl (C=O) groups excluding carboxylic acids is 2. The van der Waals surface area contributed by atoms with E-state index in [0.717, 1.165) is 44.3 Å². The first-order valence-electron chi connectivity index (χ1n) is 9.62. The highest BCUT2D eigenvalue weighted by Crippen LogP contribution is 2.31. The summed E-state index contributed by atoms with van der Waals surface area (Å²) in [4.78, 5) is 45.5. The third kappa shape index (κ3) is 3.05. The highest BCUT2D eigenvalue weighted by molar-refractivity contribution is 7.20. The van der Waals surface area contributed by atoms with Gasteiger partial charge in [-0.05, 0) is 44.6 Å². The predicted molar refractivity (Wildman–Crippen MR) is 104 cm³/mol. The normalized spacial score (nSPS) is 20.3. The van der Waals surface area contributed by atoms with Gasteiger partial charge in [-0.2, -0.15) is 0 Å². The van der Waals surface area contributed by atoms with E-state index in [9.17, 15) is 14.4 Å². The van der Waals surface area contributed by atoms with Crippen molar-refractivity contribution in [3.63, 3.8) is 0 Å². The fraction of sp³-hybridized carbons (Fsp3) is 0.579. The zero-order valence-electron chi connectivity index (χ0n) is 15.5. The maximum absolute atomic E-state index is 13.2. The van der Waals surface area contributed by atoms with Crippen LogP contribution < -0.4 is 11.3 Å². The van der Waals surface area contributed by atoms with Crippen molar-refractivity contribution in [3.8, 4) is 0 Å². The van der Waals surface area contributed by atoms with E-state index >= 15 is 0 Å². The summed E-state index contributed by atoms with van der Waals surface area (Å²) in [5.41, 5.74) is 6.14. The van der Waals surface area contributed by atoms with Gasteiger partial charge in [0.15, 0.2) is 0 Å². The Kier molecular flexibility index (Phi) is 4.75. The van der Waals surface area contributed by atoms with Gasteiger partial charge in [-0.1, -0.05) is 6.42 Å². The zero-order valence-corrected chi connectivity index (χ0v) is 16.3. The maximum atomic E-state index is 13.2. The summed E-state index contributed by atoms with van der Waals surface area (Å²) in [7, 11) is 0. The highest BCUT2D eigenvalue weighted by Gasteiger charge is 2.33. The molecule has 2 N–H and O–H groups in total. The van der Waals surface area contributed by atoms with Gasteiger partial charge in [0.2, 0.25) is 5.91 Å². The van der Waals surface area contributed by atoms with Crippen LogP contribution in [0, 0.1) is 6.92 Å². The SMILES string of the molecule is Cc1c(C(=O)N2CCCCC2C(N)=O)sc2nc3n(c(=O)c12)CCCCC3. The van der Waals surface area contributed by atoms with E-state index in [1.165, 1.54) is 11.3 Å². The number of hydrogen-bond donors (Lipinski definition) is 1. The monoisotopic (exact) mass is 388 g/mol. The highest BCUT2D eigenvalue weighted by atomic mass is 32.1. The first-order valence-corrected chi connectivity index (χ1v) is 10.4. The molecule has 4 heterocycles. The van der Waals surface area contributed by atoms with E-state index in [1.807, 2.05) is 6.92 Å². The molecular formula is C19H24N4O3S. The average Bonchev–Trinajstić information content (AvgIpc) is 2.83. The van der Waals surface area contributed by atoms with E-state index in [-0.39, 0.29) is 11.5 Å². The third-order valence-electron chi connectivity index (χ3n) is 5.70. The topological polar surface area (TPSA) is 98.3 Å². The molecule has 0 radical (unpaired) electrons. The van der Waals surface area contributed by atoms with E-state index in [0.29, 0.717) is 40.2 Å². The fourth-order valence-corrected chi connectivity index (χ4v) is 5.36. The van der Waals surface area contributed by atoms with Crippen LogP contribution in [-0.4, -0.2) is 38.9 Å². The number of nitrogens with two attached hydrogens (primary N) is 1. The number of likely N-dealkylation sites (tertiary alicyclic amines) is 1. The van der Waals surface area contributed by atoms with Crippen LogP contribution in [0.5, 0.6) is 0 Å². The van der Waals surface area contributed by atoms with Crippen molar-refractivity contribution >= 4 is 33.4 Å². The molecule has 144 valence electrons. The van der Waals surface area contributed by atoms with Crippen LogP contribution in [0.15, 0.2) is 4.79 Å². The summed E-state index contributed by atoms with van der Waals surface area (Å²) >= 11 is 1.27. The number of primary amides is 1. The van der Waals surface area contributed by atoms with Crippen molar-refractivity contribution in [2.45, 2.75) is 64.5 Å². The molecule has 1 unspecified atom stereocenters. The van der Waals surface area contributed by atoms with Crippen molar-refractivity contribution in [1.29, 1.82) is 0 Å². The number of hydrogen-bond acceptors (Lipinski definition) is 5. The minimum Gasteiger partial charge on any atom is -0.368 e. The van der Waals surface area contributed by atoms with E-state index in [1.54, 1.807) is 9.47 Å². The Balaban J connectivity index is 1.80. The second-order valence-electron chi connectivity index (χ2n) is 7.44. The summed E-state index contributed by atoms with van der Waals surface area (Å²) in [6, 6.07) is -0.568. The Morgan fingerprint density at radius 1 is 1.15 bits per heavy atom. The first kappa shape index (κ1) is 18.2. The summed E-state index contributed by atoms with van der Waals surface area (Å²) in [6.07, 6.45) is 6.24. The summed E-state index contributed by atoms with van der Waals surface area (Å²) in [6.45, 7) is 3.01. The van der Waals surface area contributed by atoms with Gasteiger partial charge in [-0.15, -0.1) is 11.3 Å². The molecule has 1 fully saturated rings. The number of piperidine rings is 1. The predicted octanol–water partition coefficient (Wildman–Crippen LogP) is 1.97. The van der Waals surface area contributed by atoms with Gasteiger partial charge in [0, 0.05) is 19.5 Å². The van der Waals surface area contributed by atoms with Gasteiger partial charge in [0.1, 0.15) is 16.7 Å². The van der Waals surface area contributed by atoms with Gasteiger partial charge >= 0.3 is 0 Å². The summed E-state index contributed by atoms with van der Waals surface area (Å²) < 4.78 is 1.77. The molecule has 0 aromatic carbocycles. The van der Waals surface area contributed by atoms with Crippen LogP contribution in [0.25, 0.3) is 10.2 Å². The molecule has 4 rings (SSSR count).